The molecule has 0 saturated heterocycles. The van der Waals surface area contributed by atoms with E-state index in [1.54, 1.807) is 60.9 Å². The van der Waals surface area contributed by atoms with E-state index >= 15 is 0 Å². The molecule has 6 heterocycles. The SMILES string of the molecule is CC1(C)CC[C@H](CCCNc2cccc(S(=O)(=O)NC(=O)c3ccc(-n4ccc(OCCC5C6(CC6)C56CC6)n4)nc3Cl)n2)C1.CC1(C)CC[C@H](CCCNc2cccc(S(N)(=O)=O)n2)C1.O=C(O)c1ccc(-n2ccc(OCCC3C4(CC4)C34CC4)n2)nc1Cl. The molecular weight excluding hydrogens is 1240 g/mol. The monoisotopic (exact) mass is 1320 g/mol. The number of amides is 1. The Bertz CT molecular complexity index is 3880. The minimum atomic E-state index is -4.25. The molecule has 0 bridgehead atoms. The van der Waals surface area contributed by atoms with E-state index in [0.29, 0.717) is 87.3 Å². The fraction of sp³-hybridized carbons (Fsp3) is 0.576. The van der Waals surface area contributed by atoms with Crippen LogP contribution in [-0.4, -0.2) is 99.6 Å². The Kier molecular flexibility index (Phi) is 17.9. The van der Waals surface area contributed by atoms with Crippen molar-refractivity contribution >= 4 is 66.8 Å². The number of halogens is 2. The molecule has 8 fully saturated rings. The second-order valence-corrected chi connectivity index (χ2v) is 32.3. The Hall–Kier alpha value is -6.40. The lowest BCUT2D eigenvalue weighted by Gasteiger charge is -2.17. The van der Waals surface area contributed by atoms with Crippen molar-refractivity contribution in [2.24, 2.45) is 61.3 Å². The Morgan fingerprint density at radius 3 is 1.41 bits per heavy atom. The van der Waals surface area contributed by atoms with Gasteiger partial charge in [0, 0.05) is 37.6 Å². The van der Waals surface area contributed by atoms with Gasteiger partial charge in [0.1, 0.15) is 21.9 Å². The van der Waals surface area contributed by atoms with E-state index in [0.717, 1.165) is 62.3 Å². The first-order valence-electron chi connectivity index (χ1n) is 32.3. The quantitative estimate of drug-likeness (QED) is 0.0263. The lowest BCUT2D eigenvalue weighted by molar-refractivity contribution is 0.0696. The Balaban J connectivity index is 0.000000146. The Labute approximate surface area is 543 Å². The Morgan fingerprint density at radius 1 is 0.582 bits per heavy atom. The van der Waals surface area contributed by atoms with Crippen molar-refractivity contribution in [3.63, 3.8) is 0 Å². The summed E-state index contributed by atoms with van der Waals surface area (Å²) in [6.07, 6.45) is 29.0. The van der Waals surface area contributed by atoms with Crippen LogP contribution < -0.4 is 30.0 Å². The van der Waals surface area contributed by atoms with Crippen LogP contribution in [0.5, 0.6) is 11.8 Å². The number of nitrogens with zero attached hydrogens (tertiary/aromatic N) is 8. The molecule has 6 aromatic rings. The number of fused-ring (bicyclic) bond motifs is 2. The lowest BCUT2D eigenvalue weighted by Crippen LogP contribution is -2.31. The minimum absolute atomic E-state index is 0.0264. The number of carboxylic acid groups (broad SMARTS) is 1. The van der Waals surface area contributed by atoms with Crippen molar-refractivity contribution in [2.45, 2.75) is 166 Å². The average molecular weight is 1320 g/mol. The molecule has 14 rings (SSSR count). The summed E-state index contributed by atoms with van der Waals surface area (Å²) in [7, 11) is -7.98. The number of hydrogen-bond donors (Lipinski definition) is 5. The second kappa shape index (κ2) is 25.1. The largest absolute Gasteiger partial charge is 0.478 e. The standard InChI is InChI=1S/C33H41ClN6O4S.C18H18ClN3O3.C15H25N3O2S/c1-31(2)13-10-22(21-31)5-4-18-35-25-6-3-7-28(36-25)45(42,43)39-30(41)23-8-9-26(37-29(23)34)40-19-11-27(38-40)44-20-12-24-32(14-15-32)33(24)16-17-33;19-15-11(16(23)24)1-2-13(20-15)22-9-3-14(21-22)25-10-4-12-17(5-6-17)18(12)7-8-18;1-15(2)9-8-12(11-15)5-4-10-17-13-6-3-7-14(18-13)21(16,19)20/h3,6-9,11,19,22,24H,4-5,10,12-18,20-21H2,1-2H3,(H,35,36)(H,39,41);1-3,9,12H,4-8,10H2,(H,23,24);3,6-7,12H,4-5,8-11H2,1-2H3,(H,17,18)(H2,16,19,20)/t22-;;12-/m0.0/s1. The predicted octanol–water partition coefficient (Wildman–Crippen LogP) is 12.7. The van der Waals surface area contributed by atoms with Crippen molar-refractivity contribution in [3.05, 3.63) is 107 Å². The van der Waals surface area contributed by atoms with Crippen LogP contribution in [0.1, 0.15) is 177 Å². The van der Waals surface area contributed by atoms with Crippen LogP contribution in [0.4, 0.5) is 11.6 Å². The summed E-state index contributed by atoms with van der Waals surface area (Å²) in [5, 5.41) is 28.7. The summed E-state index contributed by atoms with van der Waals surface area (Å²) < 4.78 is 65.4. The molecule has 6 aromatic heterocycles. The number of pyridine rings is 4. The molecule has 0 unspecified atom stereocenters. The summed E-state index contributed by atoms with van der Waals surface area (Å²) in [6.45, 7) is 12.2. The van der Waals surface area contributed by atoms with Gasteiger partial charge in [0.2, 0.25) is 11.8 Å². The first kappa shape index (κ1) is 64.7. The summed E-state index contributed by atoms with van der Waals surface area (Å²) in [4.78, 5) is 40.5. The molecule has 8 aliphatic carbocycles. The first-order chi connectivity index (χ1) is 43.3. The first-order valence-corrected chi connectivity index (χ1v) is 36.1. The topological polar surface area (TPSA) is 290 Å². The molecule has 0 aromatic carbocycles. The van der Waals surface area contributed by atoms with Crippen molar-refractivity contribution in [1.82, 2.24) is 44.2 Å². The number of carbonyl (C=O) groups is 2. The molecule has 488 valence electrons. The molecule has 8 aliphatic rings. The maximum atomic E-state index is 13.0. The van der Waals surface area contributed by atoms with Gasteiger partial charge >= 0.3 is 5.97 Å². The lowest BCUT2D eigenvalue weighted by atomic mass is 9.89. The Morgan fingerprint density at radius 2 is 1.01 bits per heavy atom. The summed E-state index contributed by atoms with van der Waals surface area (Å²) >= 11 is 12.2. The van der Waals surface area contributed by atoms with Gasteiger partial charge in [-0.05, 0) is 233 Å². The molecule has 4 spiro atoms. The highest BCUT2D eigenvalue weighted by atomic mass is 35.5. The van der Waals surface area contributed by atoms with Gasteiger partial charge < -0.3 is 25.2 Å². The third-order valence-corrected chi connectivity index (χ3v) is 23.9. The molecular formula is C66H84Cl2N12O9S2. The number of rotatable bonds is 25. The molecule has 1 amide bonds. The number of aromatic nitrogens is 8. The number of hydrogen-bond acceptors (Lipinski definition) is 16. The zero-order valence-electron chi connectivity index (χ0n) is 52.3. The third-order valence-electron chi connectivity index (χ3n) is 21.3. The van der Waals surface area contributed by atoms with Crippen molar-refractivity contribution in [1.29, 1.82) is 0 Å². The number of anilines is 2. The molecule has 2 atom stereocenters. The number of aromatic carboxylic acids is 1. The van der Waals surface area contributed by atoms with Crippen LogP contribution >= 0.6 is 23.2 Å². The van der Waals surface area contributed by atoms with Gasteiger partial charge in [-0.2, -0.15) is 8.42 Å². The maximum absolute atomic E-state index is 13.0. The summed E-state index contributed by atoms with van der Waals surface area (Å²) in [5.74, 6) is 4.14. The molecule has 6 N–H and O–H groups in total. The van der Waals surface area contributed by atoms with Gasteiger partial charge in [-0.25, -0.2) is 52.4 Å². The highest BCUT2D eigenvalue weighted by molar-refractivity contribution is 7.90. The summed E-state index contributed by atoms with van der Waals surface area (Å²) in [5.41, 5.74) is 3.57. The van der Waals surface area contributed by atoms with E-state index in [2.05, 4.69) is 73.2 Å². The molecule has 25 heteroatoms. The van der Waals surface area contributed by atoms with Gasteiger partial charge in [0.25, 0.3) is 26.0 Å². The van der Waals surface area contributed by atoms with Crippen LogP contribution in [0, 0.1) is 56.2 Å². The zero-order chi connectivity index (χ0) is 64.2. The van der Waals surface area contributed by atoms with E-state index in [1.807, 2.05) is 0 Å². The van der Waals surface area contributed by atoms with Crippen molar-refractivity contribution in [3.8, 4) is 23.4 Å². The second-order valence-electron chi connectivity index (χ2n) is 28.4. The number of carbonyl (C=O) groups excluding carboxylic acids is 1. The highest BCUT2D eigenvalue weighted by Gasteiger charge is 2.86. The predicted molar refractivity (Wildman–Crippen MR) is 346 cm³/mol. The highest BCUT2D eigenvalue weighted by Crippen LogP contribution is 2.94. The van der Waals surface area contributed by atoms with Crippen LogP contribution in [0.25, 0.3) is 11.6 Å². The number of ether oxygens (including phenoxy) is 2. The van der Waals surface area contributed by atoms with Gasteiger partial charge in [0.15, 0.2) is 21.7 Å². The van der Waals surface area contributed by atoms with Crippen LogP contribution in [0.2, 0.25) is 10.3 Å². The van der Waals surface area contributed by atoms with E-state index < -0.39 is 31.9 Å². The zero-order valence-corrected chi connectivity index (χ0v) is 55.4. The number of carboxylic acids is 1. The molecule has 21 nitrogen and oxygen atoms in total. The van der Waals surface area contributed by atoms with Crippen LogP contribution in [0.3, 0.4) is 0 Å². The number of nitrogens with two attached hydrogens (primary N) is 1. The van der Waals surface area contributed by atoms with E-state index in [1.165, 1.54) is 130 Å². The summed E-state index contributed by atoms with van der Waals surface area (Å²) in [6, 6.07) is 19.0. The van der Waals surface area contributed by atoms with E-state index in [-0.39, 0.29) is 31.5 Å². The van der Waals surface area contributed by atoms with E-state index in [9.17, 15) is 26.4 Å². The van der Waals surface area contributed by atoms with Crippen molar-refractivity contribution < 1.29 is 41.0 Å². The molecule has 0 radical (unpaired) electrons. The number of primary sulfonamides is 1. The van der Waals surface area contributed by atoms with Gasteiger partial charge in [-0.15, -0.1) is 10.2 Å². The minimum Gasteiger partial charge on any atom is -0.478 e. The third kappa shape index (κ3) is 14.4. The number of nitrogens with one attached hydrogen (secondary N) is 3. The fourth-order valence-electron chi connectivity index (χ4n) is 16.2. The van der Waals surface area contributed by atoms with Crippen LogP contribution in [0.15, 0.2) is 95.2 Å². The average Bonchev–Trinajstić information content (AvgIpc) is 1.46. The normalized spacial score (nSPS) is 21.7. The van der Waals surface area contributed by atoms with Crippen molar-refractivity contribution in [2.75, 3.05) is 36.9 Å². The van der Waals surface area contributed by atoms with Gasteiger partial charge in [0.05, 0.1) is 24.3 Å². The van der Waals surface area contributed by atoms with Gasteiger partial charge in [-0.3, -0.25) is 4.79 Å². The smallest absolute Gasteiger partial charge is 0.338 e. The van der Waals surface area contributed by atoms with Gasteiger partial charge in [-0.1, -0.05) is 63.0 Å². The fourth-order valence-corrected chi connectivity index (χ4v) is 18.1. The number of sulfonamides is 2. The maximum Gasteiger partial charge on any atom is 0.338 e. The molecule has 91 heavy (non-hydrogen) atoms. The van der Waals surface area contributed by atoms with E-state index in [4.69, 9.17) is 42.9 Å². The van der Waals surface area contributed by atoms with Crippen LogP contribution in [-0.2, 0) is 20.0 Å². The molecule has 0 aliphatic heterocycles. The molecule has 8 saturated carbocycles.